The van der Waals surface area contributed by atoms with E-state index in [0.717, 1.165) is 36.2 Å². The van der Waals surface area contributed by atoms with Gasteiger partial charge in [-0.2, -0.15) is 0 Å². The van der Waals surface area contributed by atoms with Gasteiger partial charge in [-0.1, -0.05) is 13.0 Å². The highest BCUT2D eigenvalue weighted by Gasteiger charge is 2.07. The van der Waals surface area contributed by atoms with Gasteiger partial charge in [0.25, 0.3) is 0 Å². The van der Waals surface area contributed by atoms with Crippen LogP contribution in [0.2, 0.25) is 0 Å². The Hall–Kier alpha value is -0.580. The monoisotopic (exact) mass is 314 g/mol. The minimum atomic E-state index is -0.251. The molecule has 4 heteroatoms. The first-order valence-electron chi connectivity index (χ1n) is 6.43. The molecule has 0 fully saturated rings. The van der Waals surface area contributed by atoms with Crippen LogP contribution in [-0.2, 0) is 6.54 Å². The molecule has 3 nitrogen and oxygen atoms in total. The van der Waals surface area contributed by atoms with E-state index >= 15 is 0 Å². The zero-order valence-corrected chi connectivity index (χ0v) is 13.0. The van der Waals surface area contributed by atoms with Crippen molar-refractivity contribution in [3.8, 4) is 0 Å². The number of nitrogens with one attached hydrogen (secondary N) is 1. The second-order valence-corrected chi connectivity index (χ2v) is 5.48. The highest BCUT2D eigenvalue weighted by atomic mass is 79.9. The minimum absolute atomic E-state index is 0.251. The van der Waals surface area contributed by atoms with Crippen LogP contribution in [0.3, 0.4) is 0 Å². The van der Waals surface area contributed by atoms with Crippen molar-refractivity contribution < 1.29 is 5.11 Å². The van der Waals surface area contributed by atoms with Crippen molar-refractivity contribution in [2.24, 2.45) is 0 Å². The number of benzene rings is 1. The van der Waals surface area contributed by atoms with E-state index in [0.29, 0.717) is 0 Å². The molecule has 0 radical (unpaired) electrons. The fraction of sp³-hybridized carbons (Fsp3) is 0.571. The van der Waals surface area contributed by atoms with E-state index in [-0.39, 0.29) is 6.10 Å². The Morgan fingerprint density at radius 3 is 2.72 bits per heavy atom. The van der Waals surface area contributed by atoms with Gasteiger partial charge in [-0.15, -0.1) is 0 Å². The predicted molar refractivity (Wildman–Crippen MR) is 81.1 cm³/mol. The molecular weight excluding hydrogens is 292 g/mol. The number of hydrogen-bond donors (Lipinski definition) is 2. The molecule has 102 valence electrons. The molecule has 2 N–H and O–H groups in total. The molecule has 1 rings (SSSR count). The van der Waals surface area contributed by atoms with Crippen LogP contribution in [0, 0.1) is 0 Å². The minimum Gasteiger partial charge on any atom is -0.393 e. The zero-order chi connectivity index (χ0) is 13.5. The Balaban J connectivity index is 2.66. The smallest absolute Gasteiger partial charge is 0.0528 e. The maximum absolute atomic E-state index is 9.31. The Morgan fingerprint density at radius 1 is 1.44 bits per heavy atom. The second-order valence-electron chi connectivity index (χ2n) is 4.63. The lowest BCUT2D eigenvalue weighted by Gasteiger charge is -2.22. The van der Waals surface area contributed by atoms with Crippen molar-refractivity contribution >= 4 is 21.6 Å². The number of hydrogen-bond acceptors (Lipinski definition) is 3. The Morgan fingerprint density at radius 2 is 2.17 bits per heavy atom. The molecule has 0 spiro atoms. The van der Waals surface area contributed by atoms with Gasteiger partial charge in [-0.25, -0.2) is 0 Å². The van der Waals surface area contributed by atoms with Crippen LogP contribution in [0.4, 0.5) is 5.69 Å². The molecule has 0 aliphatic rings. The summed E-state index contributed by atoms with van der Waals surface area (Å²) in [5, 5.41) is 12.6. The zero-order valence-electron chi connectivity index (χ0n) is 11.4. The van der Waals surface area contributed by atoms with E-state index in [1.54, 1.807) is 0 Å². The summed E-state index contributed by atoms with van der Waals surface area (Å²) in [7, 11) is 2.05. The van der Waals surface area contributed by atoms with E-state index in [1.165, 1.54) is 5.56 Å². The van der Waals surface area contributed by atoms with Crippen molar-refractivity contribution in [1.82, 2.24) is 5.32 Å². The molecule has 0 bridgehead atoms. The topological polar surface area (TPSA) is 35.5 Å². The van der Waals surface area contributed by atoms with Gasteiger partial charge in [-0.05, 0) is 53.5 Å². The SMILES string of the molecule is CCNCc1ccc(N(C)CCC(C)O)c(Br)c1. The van der Waals surface area contributed by atoms with Crippen LogP contribution in [0.5, 0.6) is 0 Å². The fourth-order valence-corrected chi connectivity index (χ4v) is 2.47. The molecular formula is C14H23BrN2O. The number of nitrogens with zero attached hydrogens (tertiary/aromatic N) is 1. The van der Waals surface area contributed by atoms with Gasteiger partial charge in [-0.3, -0.25) is 0 Å². The van der Waals surface area contributed by atoms with Gasteiger partial charge in [0.1, 0.15) is 0 Å². The number of halogens is 1. The summed E-state index contributed by atoms with van der Waals surface area (Å²) < 4.78 is 1.10. The first kappa shape index (κ1) is 15.5. The van der Waals surface area contributed by atoms with E-state index in [9.17, 15) is 5.11 Å². The average Bonchev–Trinajstić information content (AvgIpc) is 2.33. The molecule has 1 aromatic carbocycles. The Kier molecular flexibility index (Phi) is 6.68. The maximum atomic E-state index is 9.31. The Bertz CT molecular complexity index is 369. The van der Waals surface area contributed by atoms with Crippen LogP contribution in [-0.4, -0.2) is 31.3 Å². The van der Waals surface area contributed by atoms with Gasteiger partial charge in [0.15, 0.2) is 0 Å². The van der Waals surface area contributed by atoms with Gasteiger partial charge in [0.05, 0.1) is 11.8 Å². The number of aliphatic hydroxyl groups excluding tert-OH is 1. The van der Waals surface area contributed by atoms with Gasteiger partial charge in [0.2, 0.25) is 0 Å². The van der Waals surface area contributed by atoms with Crippen LogP contribution >= 0.6 is 15.9 Å². The molecule has 0 saturated heterocycles. The largest absolute Gasteiger partial charge is 0.393 e. The summed E-state index contributed by atoms with van der Waals surface area (Å²) in [6.07, 6.45) is 0.529. The van der Waals surface area contributed by atoms with E-state index in [2.05, 4.69) is 51.3 Å². The molecule has 0 saturated carbocycles. The third kappa shape index (κ3) is 4.96. The number of anilines is 1. The number of rotatable bonds is 7. The molecule has 1 aromatic rings. The summed E-state index contributed by atoms with van der Waals surface area (Å²) in [6, 6.07) is 6.41. The van der Waals surface area contributed by atoms with Crippen molar-refractivity contribution in [2.45, 2.75) is 32.9 Å². The van der Waals surface area contributed by atoms with Gasteiger partial charge in [0, 0.05) is 24.6 Å². The lowest BCUT2D eigenvalue weighted by atomic mass is 10.2. The molecule has 18 heavy (non-hydrogen) atoms. The summed E-state index contributed by atoms with van der Waals surface area (Å²) >= 11 is 3.61. The lowest BCUT2D eigenvalue weighted by molar-refractivity contribution is 0.187. The first-order chi connectivity index (χ1) is 8.54. The molecule has 1 atom stereocenters. The molecule has 0 aliphatic carbocycles. The maximum Gasteiger partial charge on any atom is 0.0528 e. The van der Waals surface area contributed by atoms with Crippen molar-refractivity contribution in [3.63, 3.8) is 0 Å². The van der Waals surface area contributed by atoms with E-state index < -0.39 is 0 Å². The second kappa shape index (κ2) is 7.77. The quantitative estimate of drug-likeness (QED) is 0.812. The third-order valence-corrected chi connectivity index (χ3v) is 3.52. The van der Waals surface area contributed by atoms with E-state index in [1.807, 2.05) is 14.0 Å². The van der Waals surface area contributed by atoms with Gasteiger partial charge < -0.3 is 15.3 Å². The van der Waals surface area contributed by atoms with Crippen LogP contribution < -0.4 is 10.2 Å². The normalized spacial score (nSPS) is 12.5. The summed E-state index contributed by atoms with van der Waals surface area (Å²) in [5.74, 6) is 0. The number of aliphatic hydroxyl groups is 1. The fourth-order valence-electron chi connectivity index (χ4n) is 1.74. The molecule has 0 aliphatic heterocycles. The van der Waals surface area contributed by atoms with Crippen LogP contribution in [0.15, 0.2) is 22.7 Å². The molecule has 1 unspecified atom stereocenters. The van der Waals surface area contributed by atoms with Crippen molar-refractivity contribution in [3.05, 3.63) is 28.2 Å². The summed E-state index contributed by atoms with van der Waals surface area (Å²) in [5.41, 5.74) is 2.44. The highest BCUT2D eigenvalue weighted by molar-refractivity contribution is 9.10. The first-order valence-corrected chi connectivity index (χ1v) is 7.22. The molecule has 0 heterocycles. The van der Waals surface area contributed by atoms with Crippen LogP contribution in [0.1, 0.15) is 25.8 Å². The average molecular weight is 315 g/mol. The molecule has 0 amide bonds. The van der Waals surface area contributed by atoms with Crippen molar-refractivity contribution in [1.29, 1.82) is 0 Å². The lowest BCUT2D eigenvalue weighted by Crippen LogP contribution is -2.22. The van der Waals surface area contributed by atoms with E-state index in [4.69, 9.17) is 0 Å². The Labute approximate surface area is 118 Å². The predicted octanol–water partition coefficient (Wildman–Crippen LogP) is 2.77. The third-order valence-electron chi connectivity index (χ3n) is 2.88. The highest BCUT2D eigenvalue weighted by Crippen LogP contribution is 2.26. The van der Waals surface area contributed by atoms with Gasteiger partial charge >= 0.3 is 0 Å². The summed E-state index contributed by atoms with van der Waals surface area (Å²) in [4.78, 5) is 2.16. The van der Waals surface area contributed by atoms with Crippen LogP contribution in [0.25, 0.3) is 0 Å². The standard InChI is InChI=1S/C14H23BrN2O/c1-4-16-10-12-5-6-14(13(15)9-12)17(3)8-7-11(2)18/h5-6,9,11,16,18H,4,7-8,10H2,1-3H3. The summed E-state index contributed by atoms with van der Waals surface area (Å²) in [6.45, 7) is 6.65. The van der Waals surface area contributed by atoms with Crippen molar-refractivity contribution in [2.75, 3.05) is 25.0 Å². The molecule has 0 aromatic heterocycles.